The molecule has 0 atom stereocenters. The zero-order valence-corrected chi connectivity index (χ0v) is 17.8. The number of benzene rings is 3. The molecule has 3 N–H and O–H groups in total. The smallest absolute Gasteiger partial charge is 0.281 e. The number of hydrogen-bond acceptors (Lipinski definition) is 5. The number of halogens is 1. The fourth-order valence-electron chi connectivity index (χ4n) is 2.97. The zero-order chi connectivity index (χ0) is 21.6. The van der Waals surface area contributed by atoms with Crippen LogP contribution in [0.5, 0.6) is 11.5 Å². The summed E-state index contributed by atoms with van der Waals surface area (Å²) in [6, 6.07) is 20.6. The van der Waals surface area contributed by atoms with Gasteiger partial charge in [-0.05, 0) is 51.7 Å². The van der Waals surface area contributed by atoms with Crippen molar-refractivity contribution in [2.75, 3.05) is 6.61 Å². The van der Waals surface area contributed by atoms with Crippen LogP contribution in [0.3, 0.4) is 0 Å². The van der Waals surface area contributed by atoms with Crippen LogP contribution >= 0.6 is 15.9 Å². The van der Waals surface area contributed by atoms with Crippen LogP contribution in [-0.2, 0) is 10.4 Å². The van der Waals surface area contributed by atoms with Gasteiger partial charge in [0.15, 0.2) is 17.1 Å². The van der Waals surface area contributed by atoms with Gasteiger partial charge >= 0.3 is 0 Å². The largest absolute Gasteiger partial charge is 0.503 e. The first-order valence-corrected chi connectivity index (χ1v) is 10.1. The number of ether oxygens (including phenoxy) is 1. The number of hydrazone groups is 1. The monoisotopic (exact) mass is 468 g/mol. The Morgan fingerprint density at radius 2 is 1.67 bits per heavy atom. The molecule has 3 aromatic carbocycles. The Morgan fingerprint density at radius 1 is 1.10 bits per heavy atom. The lowest BCUT2D eigenvalue weighted by atomic mass is 9.85. The van der Waals surface area contributed by atoms with E-state index in [1.807, 2.05) is 19.1 Å². The molecule has 0 unspecified atom stereocenters. The molecule has 0 bridgehead atoms. The Balaban J connectivity index is 1.87. The molecule has 0 aliphatic carbocycles. The van der Waals surface area contributed by atoms with Gasteiger partial charge in [0.1, 0.15) is 0 Å². The third-order valence-corrected chi connectivity index (χ3v) is 5.05. The van der Waals surface area contributed by atoms with E-state index in [-0.39, 0.29) is 5.75 Å². The van der Waals surface area contributed by atoms with Crippen molar-refractivity contribution in [2.45, 2.75) is 12.5 Å². The van der Waals surface area contributed by atoms with E-state index >= 15 is 0 Å². The molecule has 0 spiro atoms. The molecule has 0 saturated carbocycles. The Labute approximate surface area is 183 Å². The normalized spacial score (nSPS) is 11.4. The minimum Gasteiger partial charge on any atom is -0.503 e. The second-order valence-corrected chi connectivity index (χ2v) is 7.28. The van der Waals surface area contributed by atoms with Crippen LogP contribution in [0, 0.1) is 0 Å². The number of aliphatic hydroxyl groups is 1. The first-order valence-electron chi connectivity index (χ1n) is 9.29. The Bertz CT molecular complexity index is 1000. The third-order valence-electron chi connectivity index (χ3n) is 4.44. The summed E-state index contributed by atoms with van der Waals surface area (Å²) < 4.78 is 5.82. The molecule has 0 aliphatic rings. The molecule has 7 heteroatoms. The summed E-state index contributed by atoms with van der Waals surface area (Å²) in [4.78, 5) is 13.0. The topological polar surface area (TPSA) is 91.2 Å². The summed E-state index contributed by atoms with van der Waals surface area (Å²) in [5, 5.41) is 25.4. The molecule has 0 aromatic heterocycles. The molecule has 1 amide bonds. The highest BCUT2D eigenvalue weighted by Crippen LogP contribution is 2.35. The van der Waals surface area contributed by atoms with Gasteiger partial charge in [-0.15, -0.1) is 0 Å². The average molecular weight is 469 g/mol. The number of aromatic hydroxyl groups is 1. The van der Waals surface area contributed by atoms with Crippen LogP contribution in [-0.4, -0.2) is 28.9 Å². The second-order valence-electron chi connectivity index (χ2n) is 6.42. The molecule has 3 rings (SSSR count). The van der Waals surface area contributed by atoms with Crippen LogP contribution in [0.1, 0.15) is 23.6 Å². The molecular weight excluding hydrogens is 448 g/mol. The molecule has 0 fully saturated rings. The van der Waals surface area contributed by atoms with Gasteiger partial charge in [0, 0.05) is 0 Å². The van der Waals surface area contributed by atoms with E-state index in [1.165, 1.54) is 6.21 Å². The minimum absolute atomic E-state index is 0.0134. The molecule has 3 aromatic rings. The first-order chi connectivity index (χ1) is 14.5. The van der Waals surface area contributed by atoms with Gasteiger partial charge in [0.2, 0.25) is 0 Å². The highest BCUT2D eigenvalue weighted by molar-refractivity contribution is 9.10. The number of rotatable bonds is 7. The SMILES string of the molecule is CCOc1cc(/C=N\NC(=O)C(O)(c2ccccc2)c2ccccc2)cc(Br)c1O. The summed E-state index contributed by atoms with van der Waals surface area (Å²) in [6.07, 6.45) is 1.40. The quantitative estimate of drug-likeness (QED) is 0.361. The lowest BCUT2D eigenvalue weighted by Gasteiger charge is -2.27. The van der Waals surface area contributed by atoms with Crippen molar-refractivity contribution in [3.8, 4) is 11.5 Å². The van der Waals surface area contributed by atoms with Crippen molar-refractivity contribution >= 4 is 28.1 Å². The van der Waals surface area contributed by atoms with Crippen molar-refractivity contribution < 1.29 is 19.7 Å². The zero-order valence-electron chi connectivity index (χ0n) is 16.2. The Kier molecular flexibility index (Phi) is 6.87. The summed E-state index contributed by atoms with van der Waals surface area (Å²) in [7, 11) is 0. The maximum Gasteiger partial charge on any atom is 0.281 e. The van der Waals surface area contributed by atoms with Gasteiger partial charge in [-0.25, -0.2) is 5.43 Å². The summed E-state index contributed by atoms with van der Waals surface area (Å²) in [5.74, 6) is -0.413. The fourth-order valence-corrected chi connectivity index (χ4v) is 3.43. The van der Waals surface area contributed by atoms with Crippen molar-refractivity contribution in [1.82, 2.24) is 5.43 Å². The first kappa shape index (κ1) is 21.5. The van der Waals surface area contributed by atoms with Crippen LogP contribution in [0.25, 0.3) is 0 Å². The van der Waals surface area contributed by atoms with E-state index in [1.54, 1.807) is 60.7 Å². The lowest BCUT2D eigenvalue weighted by Crippen LogP contribution is -2.43. The predicted molar refractivity (Wildman–Crippen MR) is 119 cm³/mol. The van der Waals surface area contributed by atoms with E-state index in [9.17, 15) is 15.0 Å². The van der Waals surface area contributed by atoms with Crippen molar-refractivity contribution in [3.63, 3.8) is 0 Å². The molecule has 0 heterocycles. The number of nitrogens with one attached hydrogen (secondary N) is 1. The summed E-state index contributed by atoms with van der Waals surface area (Å²) in [5.41, 5.74) is 1.95. The van der Waals surface area contributed by atoms with Gasteiger partial charge in [-0.1, -0.05) is 60.7 Å². The number of phenols is 1. The van der Waals surface area contributed by atoms with Gasteiger partial charge in [0.25, 0.3) is 5.91 Å². The van der Waals surface area contributed by atoms with E-state index < -0.39 is 11.5 Å². The van der Waals surface area contributed by atoms with Gasteiger partial charge < -0.3 is 14.9 Å². The number of carbonyl (C=O) groups is 1. The van der Waals surface area contributed by atoms with Crippen LogP contribution < -0.4 is 10.2 Å². The maximum absolute atomic E-state index is 13.0. The van der Waals surface area contributed by atoms with Crippen molar-refractivity contribution in [3.05, 3.63) is 94.0 Å². The highest BCUT2D eigenvalue weighted by atomic mass is 79.9. The highest BCUT2D eigenvalue weighted by Gasteiger charge is 2.39. The van der Waals surface area contributed by atoms with E-state index in [2.05, 4.69) is 26.5 Å². The van der Waals surface area contributed by atoms with Gasteiger partial charge in [-0.3, -0.25) is 4.79 Å². The third kappa shape index (κ3) is 4.53. The standard InChI is InChI=1S/C23H21BrN2O4/c1-2-30-20-14-16(13-19(24)21(20)27)15-25-26-22(28)23(29,17-9-5-3-6-10-17)18-11-7-4-8-12-18/h3-15,27,29H,2H2,1H3,(H,26,28)/b25-15-. The Hall–Kier alpha value is -3.16. The van der Waals surface area contributed by atoms with E-state index in [4.69, 9.17) is 4.74 Å². The molecule has 0 aliphatic heterocycles. The minimum atomic E-state index is -1.91. The molecule has 6 nitrogen and oxygen atoms in total. The number of carbonyl (C=O) groups excluding carboxylic acids is 1. The second kappa shape index (κ2) is 9.56. The molecule has 30 heavy (non-hydrogen) atoms. The maximum atomic E-state index is 13.0. The van der Waals surface area contributed by atoms with Gasteiger partial charge in [0.05, 0.1) is 17.3 Å². The average Bonchev–Trinajstić information content (AvgIpc) is 2.77. The van der Waals surface area contributed by atoms with Crippen molar-refractivity contribution in [2.24, 2.45) is 5.10 Å². The van der Waals surface area contributed by atoms with Gasteiger partial charge in [-0.2, -0.15) is 5.10 Å². The number of nitrogens with zero attached hydrogens (tertiary/aromatic N) is 1. The molecular formula is C23H21BrN2O4. The summed E-state index contributed by atoms with van der Waals surface area (Å²) in [6.45, 7) is 2.20. The molecule has 154 valence electrons. The van der Waals surface area contributed by atoms with Crippen LogP contribution in [0.15, 0.2) is 82.4 Å². The van der Waals surface area contributed by atoms with Crippen LogP contribution in [0.4, 0.5) is 0 Å². The predicted octanol–water partition coefficient (Wildman–Crippen LogP) is 3.94. The number of amides is 1. The number of phenolic OH excluding ortho intramolecular Hbond substituents is 1. The number of hydrogen-bond donors (Lipinski definition) is 3. The van der Waals surface area contributed by atoms with E-state index in [0.29, 0.717) is 33.5 Å². The summed E-state index contributed by atoms with van der Waals surface area (Å²) >= 11 is 3.26. The lowest BCUT2D eigenvalue weighted by molar-refractivity contribution is -0.136. The molecule has 0 saturated heterocycles. The van der Waals surface area contributed by atoms with E-state index in [0.717, 1.165) is 0 Å². The fraction of sp³-hybridized carbons (Fsp3) is 0.130. The van der Waals surface area contributed by atoms with Crippen LogP contribution in [0.2, 0.25) is 0 Å². The van der Waals surface area contributed by atoms with Crippen molar-refractivity contribution in [1.29, 1.82) is 0 Å². The molecule has 0 radical (unpaired) electrons. The Morgan fingerprint density at radius 3 is 2.20 bits per heavy atom.